The molecule has 128 valence electrons. The van der Waals surface area contributed by atoms with Crippen molar-refractivity contribution in [3.05, 3.63) is 52.5 Å². The lowest BCUT2D eigenvalue weighted by Gasteiger charge is -2.10. The molecule has 0 unspecified atom stereocenters. The van der Waals surface area contributed by atoms with Gasteiger partial charge in [0, 0.05) is 16.1 Å². The van der Waals surface area contributed by atoms with Crippen molar-refractivity contribution >= 4 is 31.9 Å². The fraction of sp³-hybridized carbons (Fsp3) is 0.133. The Bertz CT molecular complexity index is 815. The molecule has 0 aromatic heterocycles. The van der Waals surface area contributed by atoms with Gasteiger partial charge in [0.2, 0.25) is 0 Å². The van der Waals surface area contributed by atoms with Crippen molar-refractivity contribution in [2.45, 2.75) is 4.90 Å². The molecule has 2 rings (SSSR count). The largest absolute Gasteiger partial charge is 0.497 e. The predicted octanol–water partition coefficient (Wildman–Crippen LogP) is 2.09. The number of nitrogens with one attached hydrogen (secondary N) is 2. The summed E-state index contributed by atoms with van der Waals surface area (Å²) in [6.45, 7) is 0. The molecule has 0 fully saturated rings. The van der Waals surface area contributed by atoms with Gasteiger partial charge < -0.3 is 9.47 Å². The van der Waals surface area contributed by atoms with Crippen molar-refractivity contribution in [1.82, 2.24) is 10.3 Å². The van der Waals surface area contributed by atoms with E-state index in [1.165, 1.54) is 38.5 Å². The fourth-order valence-corrected chi connectivity index (χ4v) is 2.90. The highest BCUT2D eigenvalue weighted by molar-refractivity contribution is 9.10. The van der Waals surface area contributed by atoms with Crippen LogP contribution in [0.1, 0.15) is 10.4 Å². The van der Waals surface area contributed by atoms with E-state index in [4.69, 9.17) is 9.47 Å². The van der Waals surface area contributed by atoms with E-state index in [0.717, 1.165) is 4.47 Å². The third kappa shape index (κ3) is 4.47. The van der Waals surface area contributed by atoms with Crippen LogP contribution in [0, 0.1) is 0 Å². The van der Waals surface area contributed by atoms with Crippen LogP contribution in [0.4, 0.5) is 0 Å². The Balaban J connectivity index is 2.14. The van der Waals surface area contributed by atoms with Gasteiger partial charge in [0.15, 0.2) is 0 Å². The summed E-state index contributed by atoms with van der Waals surface area (Å²) in [6, 6.07) is 10.5. The summed E-state index contributed by atoms with van der Waals surface area (Å²) in [6.07, 6.45) is 0. The van der Waals surface area contributed by atoms with Gasteiger partial charge in [0.05, 0.1) is 19.1 Å². The molecule has 0 aliphatic rings. The maximum atomic E-state index is 12.2. The van der Waals surface area contributed by atoms with Gasteiger partial charge in [0.1, 0.15) is 11.5 Å². The number of hydrazine groups is 1. The van der Waals surface area contributed by atoms with E-state index in [-0.39, 0.29) is 10.5 Å². The van der Waals surface area contributed by atoms with Crippen molar-refractivity contribution in [3.8, 4) is 11.5 Å². The molecule has 0 heterocycles. The van der Waals surface area contributed by atoms with E-state index in [9.17, 15) is 13.2 Å². The van der Waals surface area contributed by atoms with Gasteiger partial charge in [-0.15, -0.1) is 4.83 Å². The molecule has 0 spiro atoms. The number of halogens is 1. The quantitative estimate of drug-likeness (QED) is 0.705. The Morgan fingerprint density at radius 1 is 1.00 bits per heavy atom. The molecule has 2 N–H and O–H groups in total. The fourth-order valence-electron chi connectivity index (χ4n) is 1.80. The number of carbonyl (C=O) groups excluding carboxylic acids is 1. The first-order chi connectivity index (χ1) is 11.4. The number of hydrogen-bond donors (Lipinski definition) is 2. The van der Waals surface area contributed by atoms with Crippen LogP contribution in [0.2, 0.25) is 0 Å². The minimum absolute atomic E-state index is 0.0224. The second-order valence-electron chi connectivity index (χ2n) is 4.61. The third-order valence-corrected chi connectivity index (χ3v) is 4.83. The third-order valence-electron chi connectivity index (χ3n) is 3.04. The molecule has 24 heavy (non-hydrogen) atoms. The van der Waals surface area contributed by atoms with Crippen LogP contribution in [0.3, 0.4) is 0 Å². The normalized spacial score (nSPS) is 11.0. The summed E-state index contributed by atoms with van der Waals surface area (Å²) in [5.41, 5.74) is 2.34. The number of hydrogen-bond acceptors (Lipinski definition) is 5. The van der Waals surface area contributed by atoms with Crippen molar-refractivity contribution < 1.29 is 22.7 Å². The number of rotatable bonds is 6. The summed E-state index contributed by atoms with van der Waals surface area (Å²) < 4.78 is 35.2. The molecule has 1 amide bonds. The SMILES string of the molecule is COc1cc(OC)cc(C(=O)NNS(=O)(=O)c2ccc(Br)cc2)c1. The first-order valence-corrected chi connectivity index (χ1v) is 8.94. The van der Waals surface area contributed by atoms with Crippen molar-refractivity contribution in [2.24, 2.45) is 0 Å². The van der Waals surface area contributed by atoms with Crippen LogP contribution in [0.5, 0.6) is 11.5 Å². The van der Waals surface area contributed by atoms with E-state index < -0.39 is 15.9 Å². The molecule has 0 radical (unpaired) electrons. The summed E-state index contributed by atoms with van der Waals surface area (Å²) in [5.74, 6) is 0.179. The van der Waals surface area contributed by atoms with Crippen LogP contribution >= 0.6 is 15.9 Å². The zero-order valence-electron chi connectivity index (χ0n) is 12.9. The lowest BCUT2D eigenvalue weighted by atomic mass is 10.2. The van der Waals surface area contributed by atoms with Crippen LogP contribution in [-0.2, 0) is 10.0 Å². The van der Waals surface area contributed by atoms with Gasteiger partial charge >= 0.3 is 0 Å². The van der Waals surface area contributed by atoms with E-state index in [1.54, 1.807) is 18.2 Å². The van der Waals surface area contributed by atoms with Gasteiger partial charge in [-0.2, -0.15) is 0 Å². The molecule has 2 aromatic rings. The van der Waals surface area contributed by atoms with E-state index >= 15 is 0 Å². The minimum atomic E-state index is -3.88. The molecule has 9 heteroatoms. The van der Waals surface area contributed by atoms with Crippen molar-refractivity contribution in [2.75, 3.05) is 14.2 Å². The molecular formula is C15H15BrN2O5S. The van der Waals surface area contributed by atoms with Gasteiger partial charge in [-0.3, -0.25) is 10.2 Å². The monoisotopic (exact) mass is 414 g/mol. The van der Waals surface area contributed by atoms with Gasteiger partial charge in [-0.05, 0) is 36.4 Å². The van der Waals surface area contributed by atoms with E-state index in [2.05, 4.69) is 21.4 Å². The van der Waals surface area contributed by atoms with E-state index in [1.807, 2.05) is 4.83 Å². The van der Waals surface area contributed by atoms with Gasteiger partial charge in [0.25, 0.3) is 15.9 Å². The number of sulfonamides is 1. The summed E-state index contributed by atoms with van der Waals surface area (Å²) in [4.78, 5) is 14.2. The van der Waals surface area contributed by atoms with Crippen molar-refractivity contribution in [3.63, 3.8) is 0 Å². The highest BCUT2D eigenvalue weighted by Gasteiger charge is 2.16. The highest BCUT2D eigenvalue weighted by Crippen LogP contribution is 2.22. The molecule has 0 saturated carbocycles. The van der Waals surface area contributed by atoms with Crippen molar-refractivity contribution in [1.29, 1.82) is 0 Å². The Morgan fingerprint density at radius 3 is 2.04 bits per heavy atom. The molecule has 2 aromatic carbocycles. The standard InChI is InChI=1S/C15H15BrN2O5S/c1-22-12-7-10(8-13(9-12)23-2)15(19)17-18-24(20,21)14-5-3-11(16)4-6-14/h3-9,18H,1-2H3,(H,17,19). The zero-order valence-corrected chi connectivity index (χ0v) is 15.3. The Kier molecular flexibility index (Phi) is 5.81. The predicted molar refractivity (Wildman–Crippen MR) is 91.5 cm³/mol. The van der Waals surface area contributed by atoms with Crippen LogP contribution in [-0.4, -0.2) is 28.5 Å². The molecular weight excluding hydrogens is 400 g/mol. The minimum Gasteiger partial charge on any atom is -0.497 e. The highest BCUT2D eigenvalue weighted by atomic mass is 79.9. The van der Waals surface area contributed by atoms with E-state index in [0.29, 0.717) is 11.5 Å². The average Bonchev–Trinajstić information content (AvgIpc) is 2.59. The lowest BCUT2D eigenvalue weighted by molar-refractivity contribution is 0.0944. The number of amides is 1. The smallest absolute Gasteiger partial charge is 0.266 e. The molecule has 0 saturated heterocycles. The molecule has 7 nitrogen and oxygen atoms in total. The Hall–Kier alpha value is -2.10. The maximum absolute atomic E-state index is 12.2. The van der Waals surface area contributed by atoms with Gasteiger partial charge in [-0.25, -0.2) is 8.42 Å². The number of methoxy groups -OCH3 is 2. The van der Waals surface area contributed by atoms with Crippen LogP contribution < -0.4 is 19.7 Å². The molecule has 0 aliphatic carbocycles. The van der Waals surface area contributed by atoms with Crippen LogP contribution in [0.15, 0.2) is 51.8 Å². The van der Waals surface area contributed by atoms with Crippen LogP contribution in [0.25, 0.3) is 0 Å². The number of benzene rings is 2. The topological polar surface area (TPSA) is 93.7 Å². The lowest BCUT2D eigenvalue weighted by Crippen LogP contribution is -2.41. The Labute approximate surface area is 148 Å². The first kappa shape index (κ1) is 18.2. The second-order valence-corrected chi connectivity index (χ2v) is 7.21. The maximum Gasteiger partial charge on any atom is 0.266 e. The Morgan fingerprint density at radius 2 is 1.54 bits per heavy atom. The number of ether oxygens (including phenoxy) is 2. The average molecular weight is 415 g/mol. The number of carbonyl (C=O) groups is 1. The molecule has 0 atom stereocenters. The zero-order chi connectivity index (χ0) is 17.7. The molecule has 0 bridgehead atoms. The molecule has 0 aliphatic heterocycles. The summed E-state index contributed by atoms with van der Waals surface area (Å²) in [5, 5.41) is 0. The first-order valence-electron chi connectivity index (χ1n) is 6.66. The van der Waals surface area contributed by atoms with Gasteiger partial charge in [-0.1, -0.05) is 15.9 Å². The second kappa shape index (κ2) is 7.65. The summed E-state index contributed by atoms with van der Waals surface area (Å²) >= 11 is 3.22. The summed E-state index contributed by atoms with van der Waals surface area (Å²) in [7, 11) is -0.975.